The molecule has 0 spiro atoms. The van der Waals surface area contributed by atoms with E-state index < -0.39 is 0 Å². The minimum atomic E-state index is 0.146. The molecule has 0 heterocycles. The van der Waals surface area contributed by atoms with Gasteiger partial charge in [0.15, 0.2) is 0 Å². The van der Waals surface area contributed by atoms with Crippen LogP contribution in [0, 0.1) is 0 Å². The lowest BCUT2D eigenvalue weighted by Crippen LogP contribution is -2.22. The van der Waals surface area contributed by atoms with Crippen LogP contribution in [0.25, 0.3) is 0 Å². The molecule has 0 aromatic heterocycles. The first kappa shape index (κ1) is 15.5. The molecule has 1 aromatic carbocycles. The maximum absolute atomic E-state index is 11.6. The number of carbonyl (C=O) groups is 1. The standard InChI is InChI=1S/C16H26N2O/c1-2-3-4-5-6-7-8-16(19)18-13-14-9-11-15(17)12-10-14/h9-12H,2-8,13,17H2,1H3,(H,18,19). The van der Waals surface area contributed by atoms with E-state index in [9.17, 15) is 4.79 Å². The molecule has 3 nitrogen and oxygen atoms in total. The lowest BCUT2D eigenvalue weighted by Gasteiger charge is -2.05. The molecule has 0 saturated heterocycles. The van der Waals surface area contributed by atoms with Gasteiger partial charge in [-0.1, -0.05) is 51.2 Å². The zero-order chi connectivity index (χ0) is 13.9. The van der Waals surface area contributed by atoms with Crippen LogP contribution in [0.2, 0.25) is 0 Å². The number of nitrogen functional groups attached to an aromatic ring is 1. The van der Waals surface area contributed by atoms with Crippen molar-refractivity contribution in [1.29, 1.82) is 0 Å². The number of hydrogen-bond acceptors (Lipinski definition) is 2. The van der Waals surface area contributed by atoms with Gasteiger partial charge in [-0.2, -0.15) is 0 Å². The fourth-order valence-electron chi connectivity index (χ4n) is 1.99. The molecule has 1 amide bonds. The van der Waals surface area contributed by atoms with Crippen molar-refractivity contribution in [3.63, 3.8) is 0 Å². The Morgan fingerprint density at radius 3 is 2.37 bits per heavy atom. The fourth-order valence-corrected chi connectivity index (χ4v) is 1.99. The van der Waals surface area contributed by atoms with Gasteiger partial charge in [0.05, 0.1) is 0 Å². The number of carbonyl (C=O) groups excluding carboxylic acids is 1. The summed E-state index contributed by atoms with van der Waals surface area (Å²) < 4.78 is 0. The van der Waals surface area contributed by atoms with E-state index in [-0.39, 0.29) is 5.91 Å². The van der Waals surface area contributed by atoms with Crippen LogP contribution >= 0.6 is 0 Å². The van der Waals surface area contributed by atoms with Crippen LogP contribution in [0.5, 0.6) is 0 Å². The quantitative estimate of drug-likeness (QED) is 0.527. The summed E-state index contributed by atoms with van der Waals surface area (Å²) in [5.41, 5.74) is 7.45. The van der Waals surface area contributed by atoms with Gasteiger partial charge in [-0.3, -0.25) is 4.79 Å². The van der Waals surface area contributed by atoms with Gasteiger partial charge in [0.2, 0.25) is 5.91 Å². The Balaban J connectivity index is 2.06. The van der Waals surface area contributed by atoms with E-state index in [1.54, 1.807) is 0 Å². The molecule has 0 atom stereocenters. The van der Waals surface area contributed by atoms with Gasteiger partial charge in [-0.15, -0.1) is 0 Å². The third-order valence-electron chi connectivity index (χ3n) is 3.23. The van der Waals surface area contributed by atoms with Gasteiger partial charge in [0, 0.05) is 18.7 Å². The number of benzene rings is 1. The van der Waals surface area contributed by atoms with Crippen LogP contribution < -0.4 is 11.1 Å². The first-order chi connectivity index (χ1) is 9.22. The van der Waals surface area contributed by atoms with Crippen molar-refractivity contribution in [3.8, 4) is 0 Å². The van der Waals surface area contributed by atoms with E-state index in [0.29, 0.717) is 13.0 Å². The van der Waals surface area contributed by atoms with Gasteiger partial charge in [0.25, 0.3) is 0 Å². The van der Waals surface area contributed by atoms with Gasteiger partial charge in [-0.25, -0.2) is 0 Å². The molecule has 3 N–H and O–H groups in total. The molecule has 3 heteroatoms. The Hall–Kier alpha value is -1.51. The van der Waals surface area contributed by atoms with Crippen LogP contribution in [0.15, 0.2) is 24.3 Å². The molecule has 106 valence electrons. The highest BCUT2D eigenvalue weighted by Gasteiger charge is 2.01. The average molecular weight is 262 g/mol. The smallest absolute Gasteiger partial charge is 0.220 e. The third kappa shape index (κ3) is 7.50. The van der Waals surface area contributed by atoms with Gasteiger partial charge >= 0.3 is 0 Å². The van der Waals surface area contributed by atoms with Crippen molar-refractivity contribution in [2.24, 2.45) is 0 Å². The average Bonchev–Trinajstić information content (AvgIpc) is 2.42. The van der Waals surface area contributed by atoms with Crippen molar-refractivity contribution in [1.82, 2.24) is 5.32 Å². The summed E-state index contributed by atoms with van der Waals surface area (Å²) in [5.74, 6) is 0.146. The van der Waals surface area contributed by atoms with Crippen molar-refractivity contribution in [3.05, 3.63) is 29.8 Å². The van der Waals surface area contributed by atoms with Gasteiger partial charge in [0.1, 0.15) is 0 Å². The van der Waals surface area contributed by atoms with Crippen molar-refractivity contribution < 1.29 is 4.79 Å². The highest BCUT2D eigenvalue weighted by atomic mass is 16.1. The lowest BCUT2D eigenvalue weighted by atomic mass is 10.1. The first-order valence-electron chi connectivity index (χ1n) is 7.33. The minimum Gasteiger partial charge on any atom is -0.399 e. The molecule has 0 radical (unpaired) electrons. The normalized spacial score (nSPS) is 10.4. The molecule has 0 fully saturated rings. The summed E-state index contributed by atoms with van der Waals surface area (Å²) >= 11 is 0. The largest absolute Gasteiger partial charge is 0.399 e. The van der Waals surface area contributed by atoms with Crippen molar-refractivity contribution >= 4 is 11.6 Å². The fraction of sp³-hybridized carbons (Fsp3) is 0.562. The van der Waals surface area contributed by atoms with Crippen molar-refractivity contribution in [2.45, 2.75) is 58.4 Å². The van der Waals surface area contributed by atoms with Gasteiger partial charge in [-0.05, 0) is 24.1 Å². The summed E-state index contributed by atoms with van der Waals surface area (Å²) in [6, 6.07) is 7.60. The number of nitrogens with two attached hydrogens (primary N) is 1. The molecule has 0 saturated carbocycles. The Labute approximate surface area is 116 Å². The van der Waals surface area contributed by atoms with E-state index in [4.69, 9.17) is 5.73 Å². The van der Waals surface area contributed by atoms with E-state index >= 15 is 0 Å². The molecule has 1 aromatic rings. The monoisotopic (exact) mass is 262 g/mol. The predicted molar refractivity (Wildman–Crippen MR) is 80.7 cm³/mol. The summed E-state index contributed by atoms with van der Waals surface area (Å²) in [7, 11) is 0. The first-order valence-corrected chi connectivity index (χ1v) is 7.33. The maximum atomic E-state index is 11.6. The second-order valence-corrected chi connectivity index (χ2v) is 5.04. The molecule has 0 aliphatic rings. The maximum Gasteiger partial charge on any atom is 0.220 e. The molecule has 19 heavy (non-hydrogen) atoms. The molecular weight excluding hydrogens is 236 g/mol. The van der Waals surface area contributed by atoms with Crippen LogP contribution in [0.4, 0.5) is 5.69 Å². The number of anilines is 1. The number of rotatable bonds is 9. The summed E-state index contributed by atoms with van der Waals surface area (Å²) in [5, 5.41) is 2.94. The Kier molecular flexibility index (Phi) is 7.71. The van der Waals surface area contributed by atoms with Crippen LogP contribution in [0.3, 0.4) is 0 Å². The second kappa shape index (κ2) is 9.42. The Morgan fingerprint density at radius 1 is 1.05 bits per heavy atom. The molecule has 0 aliphatic heterocycles. The highest BCUT2D eigenvalue weighted by Crippen LogP contribution is 2.07. The van der Waals surface area contributed by atoms with Crippen LogP contribution in [0.1, 0.15) is 57.4 Å². The molecular formula is C16H26N2O. The van der Waals surface area contributed by atoms with E-state index in [1.807, 2.05) is 24.3 Å². The zero-order valence-corrected chi connectivity index (χ0v) is 12.0. The van der Waals surface area contributed by atoms with Crippen LogP contribution in [-0.2, 0) is 11.3 Å². The lowest BCUT2D eigenvalue weighted by molar-refractivity contribution is -0.121. The van der Waals surface area contributed by atoms with Gasteiger partial charge < -0.3 is 11.1 Å². The SMILES string of the molecule is CCCCCCCCC(=O)NCc1ccc(N)cc1. The van der Waals surface area contributed by atoms with E-state index in [1.165, 1.54) is 25.7 Å². The zero-order valence-electron chi connectivity index (χ0n) is 12.0. The Bertz CT molecular complexity index is 360. The third-order valence-corrected chi connectivity index (χ3v) is 3.23. The molecule has 1 rings (SSSR count). The number of unbranched alkanes of at least 4 members (excludes halogenated alkanes) is 5. The molecule has 0 unspecified atom stereocenters. The summed E-state index contributed by atoms with van der Waals surface area (Å²) in [4.78, 5) is 11.6. The van der Waals surface area contributed by atoms with Crippen LogP contribution in [-0.4, -0.2) is 5.91 Å². The topological polar surface area (TPSA) is 55.1 Å². The Morgan fingerprint density at radius 2 is 1.68 bits per heavy atom. The summed E-state index contributed by atoms with van der Waals surface area (Å²) in [6.45, 7) is 2.81. The predicted octanol–water partition coefficient (Wildman–Crippen LogP) is 3.64. The number of hydrogen-bond donors (Lipinski definition) is 2. The molecule has 0 aliphatic carbocycles. The van der Waals surface area contributed by atoms with Crippen molar-refractivity contribution in [2.75, 3.05) is 5.73 Å². The summed E-state index contributed by atoms with van der Waals surface area (Å²) in [6.07, 6.45) is 7.92. The number of nitrogens with one attached hydrogen (secondary N) is 1. The van der Waals surface area contributed by atoms with E-state index in [0.717, 1.165) is 24.1 Å². The number of amides is 1. The van der Waals surface area contributed by atoms with E-state index in [2.05, 4.69) is 12.2 Å². The second-order valence-electron chi connectivity index (χ2n) is 5.04. The minimum absolute atomic E-state index is 0.146. The highest BCUT2D eigenvalue weighted by molar-refractivity contribution is 5.75. The molecule has 0 bridgehead atoms.